The van der Waals surface area contributed by atoms with Crippen LogP contribution in [0.3, 0.4) is 0 Å². The molecule has 1 N–H and O–H groups in total. The normalized spacial score (nSPS) is 19.1. The van der Waals surface area contributed by atoms with Gasteiger partial charge in [0.1, 0.15) is 17.9 Å². The lowest BCUT2D eigenvalue weighted by Gasteiger charge is -2.32. The fourth-order valence-electron chi connectivity index (χ4n) is 3.96. The molecule has 2 aliphatic rings. The van der Waals surface area contributed by atoms with E-state index in [1.54, 1.807) is 6.33 Å². The predicted octanol–water partition coefficient (Wildman–Crippen LogP) is 4.22. The van der Waals surface area contributed by atoms with Gasteiger partial charge in [0.05, 0.1) is 22.7 Å². The van der Waals surface area contributed by atoms with Crippen molar-refractivity contribution in [1.29, 1.82) is 0 Å². The molecule has 156 valence electrons. The van der Waals surface area contributed by atoms with E-state index in [1.165, 1.54) is 24.2 Å². The summed E-state index contributed by atoms with van der Waals surface area (Å²) in [5.41, 5.74) is 2.00. The molecule has 3 heterocycles. The Hall–Kier alpha value is -2.74. The zero-order chi connectivity index (χ0) is 20.5. The van der Waals surface area contributed by atoms with Crippen LogP contribution in [-0.4, -0.2) is 40.6 Å². The van der Waals surface area contributed by atoms with Crippen LogP contribution < -0.4 is 15.0 Å². The van der Waals surface area contributed by atoms with Crippen molar-refractivity contribution in [3.8, 4) is 5.75 Å². The maximum atomic E-state index is 12.9. The Morgan fingerprint density at radius 3 is 3.00 bits per heavy atom. The van der Waals surface area contributed by atoms with E-state index in [-0.39, 0.29) is 11.8 Å². The molecule has 8 heteroatoms. The van der Waals surface area contributed by atoms with Crippen LogP contribution in [0.15, 0.2) is 30.6 Å². The standard InChI is InChI=1S/C22H25N5O2S/c1-2-29-16-7-8-17-19(10-16)30-22(25-17)26-21(28)15-4-3-9-27(12-15)20-11-18(14-5-6-14)23-13-24-20/h7-8,10-11,13-15H,2-6,9,12H2,1H3,(H,25,26,28). The molecule has 1 aliphatic carbocycles. The maximum absolute atomic E-state index is 12.9. The molecular formula is C22H25N5O2S. The monoisotopic (exact) mass is 423 g/mol. The zero-order valence-corrected chi connectivity index (χ0v) is 17.8. The number of anilines is 2. The van der Waals surface area contributed by atoms with Gasteiger partial charge >= 0.3 is 0 Å². The fraction of sp³-hybridized carbons (Fsp3) is 0.455. The molecule has 0 bridgehead atoms. The second-order valence-electron chi connectivity index (χ2n) is 7.93. The number of piperidine rings is 1. The number of amides is 1. The van der Waals surface area contributed by atoms with Gasteiger partial charge < -0.3 is 15.0 Å². The van der Waals surface area contributed by atoms with Crippen molar-refractivity contribution in [2.45, 2.75) is 38.5 Å². The van der Waals surface area contributed by atoms with Crippen LogP contribution in [0.1, 0.15) is 44.2 Å². The highest BCUT2D eigenvalue weighted by Crippen LogP contribution is 2.39. The number of aromatic nitrogens is 3. The second-order valence-corrected chi connectivity index (χ2v) is 8.96. The average Bonchev–Trinajstić information content (AvgIpc) is 3.55. The summed E-state index contributed by atoms with van der Waals surface area (Å²) >= 11 is 1.48. The smallest absolute Gasteiger partial charge is 0.231 e. The summed E-state index contributed by atoms with van der Waals surface area (Å²) in [6.07, 6.45) is 5.94. The number of nitrogens with one attached hydrogen (secondary N) is 1. The summed E-state index contributed by atoms with van der Waals surface area (Å²) in [6.45, 7) is 4.18. The summed E-state index contributed by atoms with van der Waals surface area (Å²) in [5, 5.41) is 3.67. The van der Waals surface area contributed by atoms with Gasteiger partial charge in [-0.2, -0.15) is 0 Å². The van der Waals surface area contributed by atoms with Gasteiger partial charge in [0.15, 0.2) is 5.13 Å². The van der Waals surface area contributed by atoms with Gasteiger partial charge in [-0.05, 0) is 50.8 Å². The average molecular weight is 424 g/mol. The molecule has 1 aliphatic heterocycles. The molecular weight excluding hydrogens is 398 g/mol. The van der Waals surface area contributed by atoms with Crippen LogP contribution in [-0.2, 0) is 4.79 Å². The number of hydrogen-bond acceptors (Lipinski definition) is 7. The molecule has 1 saturated heterocycles. The number of thiazole rings is 1. The summed E-state index contributed by atoms with van der Waals surface area (Å²) < 4.78 is 6.57. The molecule has 1 atom stereocenters. The molecule has 0 radical (unpaired) electrons. The fourth-order valence-corrected chi connectivity index (χ4v) is 4.86. The Morgan fingerprint density at radius 1 is 1.27 bits per heavy atom. The Labute approximate surface area is 179 Å². The number of hydrogen-bond donors (Lipinski definition) is 1. The predicted molar refractivity (Wildman–Crippen MR) is 118 cm³/mol. The molecule has 1 unspecified atom stereocenters. The first kappa shape index (κ1) is 19.2. The van der Waals surface area contributed by atoms with Gasteiger partial charge in [0.25, 0.3) is 0 Å². The van der Waals surface area contributed by atoms with Crippen molar-refractivity contribution in [3.05, 3.63) is 36.3 Å². The number of ether oxygens (including phenoxy) is 1. The summed E-state index contributed by atoms with van der Waals surface area (Å²) in [4.78, 5) is 28.6. The lowest BCUT2D eigenvalue weighted by atomic mass is 9.97. The Morgan fingerprint density at radius 2 is 2.17 bits per heavy atom. The number of nitrogens with zero attached hydrogens (tertiary/aromatic N) is 4. The van der Waals surface area contributed by atoms with Gasteiger partial charge in [-0.25, -0.2) is 15.0 Å². The van der Waals surface area contributed by atoms with E-state index in [4.69, 9.17) is 4.74 Å². The van der Waals surface area contributed by atoms with Crippen LogP contribution in [0.2, 0.25) is 0 Å². The van der Waals surface area contributed by atoms with Crippen molar-refractivity contribution in [3.63, 3.8) is 0 Å². The quantitative estimate of drug-likeness (QED) is 0.639. The molecule has 30 heavy (non-hydrogen) atoms. The SMILES string of the molecule is CCOc1ccc2nc(NC(=O)C3CCCN(c4cc(C5CC5)ncn4)C3)sc2c1. The number of carbonyl (C=O) groups is 1. The minimum absolute atomic E-state index is 0.0280. The van der Waals surface area contributed by atoms with Gasteiger partial charge in [-0.1, -0.05) is 11.3 Å². The first-order valence-electron chi connectivity index (χ1n) is 10.6. The largest absolute Gasteiger partial charge is 0.494 e. The molecule has 1 saturated carbocycles. The lowest BCUT2D eigenvalue weighted by Crippen LogP contribution is -2.41. The number of rotatable bonds is 6. The van der Waals surface area contributed by atoms with E-state index in [2.05, 4.69) is 31.2 Å². The molecule has 2 fully saturated rings. The van der Waals surface area contributed by atoms with Gasteiger partial charge in [-0.3, -0.25) is 4.79 Å². The van der Waals surface area contributed by atoms with Crippen LogP contribution in [0, 0.1) is 5.92 Å². The van der Waals surface area contributed by atoms with E-state index in [1.807, 2.05) is 25.1 Å². The van der Waals surface area contributed by atoms with Gasteiger partial charge in [0.2, 0.25) is 5.91 Å². The number of fused-ring (bicyclic) bond motifs is 1. The van der Waals surface area contributed by atoms with Crippen molar-refractivity contribution in [1.82, 2.24) is 15.0 Å². The highest BCUT2D eigenvalue weighted by molar-refractivity contribution is 7.22. The molecule has 1 amide bonds. The highest BCUT2D eigenvalue weighted by atomic mass is 32.1. The molecule has 0 spiro atoms. The van der Waals surface area contributed by atoms with Crippen LogP contribution in [0.25, 0.3) is 10.2 Å². The van der Waals surface area contributed by atoms with Crippen molar-refractivity contribution in [2.75, 3.05) is 29.9 Å². The van der Waals surface area contributed by atoms with Crippen LogP contribution >= 0.6 is 11.3 Å². The van der Waals surface area contributed by atoms with Gasteiger partial charge in [0, 0.05) is 30.8 Å². The van der Waals surface area contributed by atoms with E-state index in [0.717, 1.165) is 46.9 Å². The minimum atomic E-state index is -0.0795. The van der Waals surface area contributed by atoms with E-state index in [0.29, 0.717) is 24.2 Å². The molecule has 7 nitrogen and oxygen atoms in total. The molecule has 1 aromatic carbocycles. The van der Waals surface area contributed by atoms with Crippen LogP contribution in [0.4, 0.5) is 10.9 Å². The van der Waals surface area contributed by atoms with Crippen molar-refractivity contribution >= 4 is 38.4 Å². The third kappa shape index (κ3) is 4.09. The summed E-state index contributed by atoms with van der Waals surface area (Å²) in [7, 11) is 0. The summed E-state index contributed by atoms with van der Waals surface area (Å²) in [6, 6.07) is 7.91. The van der Waals surface area contributed by atoms with Crippen molar-refractivity contribution < 1.29 is 9.53 Å². The Balaban J connectivity index is 1.26. The molecule has 3 aromatic rings. The highest BCUT2D eigenvalue weighted by Gasteiger charge is 2.29. The topological polar surface area (TPSA) is 80.2 Å². The minimum Gasteiger partial charge on any atom is -0.494 e. The third-order valence-corrected chi connectivity index (χ3v) is 6.62. The van der Waals surface area contributed by atoms with E-state index in [9.17, 15) is 4.79 Å². The maximum Gasteiger partial charge on any atom is 0.231 e. The van der Waals surface area contributed by atoms with E-state index >= 15 is 0 Å². The first-order valence-corrected chi connectivity index (χ1v) is 11.4. The second kappa shape index (κ2) is 8.18. The van der Waals surface area contributed by atoms with Crippen LogP contribution in [0.5, 0.6) is 5.75 Å². The third-order valence-electron chi connectivity index (χ3n) is 5.69. The van der Waals surface area contributed by atoms with Crippen molar-refractivity contribution in [2.24, 2.45) is 5.92 Å². The summed E-state index contributed by atoms with van der Waals surface area (Å²) in [5.74, 6) is 2.31. The molecule has 2 aromatic heterocycles. The van der Waals surface area contributed by atoms with Gasteiger partial charge in [-0.15, -0.1) is 0 Å². The van der Waals surface area contributed by atoms with E-state index < -0.39 is 0 Å². The first-order chi connectivity index (χ1) is 14.7. The number of carbonyl (C=O) groups excluding carboxylic acids is 1. The number of benzene rings is 1. The molecule has 5 rings (SSSR count). The Bertz CT molecular complexity index is 1060. The lowest BCUT2D eigenvalue weighted by molar-refractivity contribution is -0.120. The zero-order valence-electron chi connectivity index (χ0n) is 17.0. The Kier molecular flexibility index (Phi) is 5.25.